The molecule has 2 aliphatic heterocycles. The predicted octanol–water partition coefficient (Wildman–Crippen LogP) is 3.26. The number of rotatable bonds is 13. The zero-order valence-electron chi connectivity index (χ0n) is 25.7. The summed E-state index contributed by atoms with van der Waals surface area (Å²) in [6.45, 7) is 4.67. The number of carbonyl (C=O) groups is 4. The van der Waals surface area contributed by atoms with Crippen LogP contribution in [-0.4, -0.2) is 90.6 Å². The fourth-order valence-electron chi connectivity index (χ4n) is 5.48. The van der Waals surface area contributed by atoms with Gasteiger partial charge in [-0.1, -0.05) is 29.8 Å². The molecule has 12 nitrogen and oxygen atoms in total. The number of imidazole rings is 1. The van der Waals surface area contributed by atoms with E-state index in [9.17, 15) is 19.2 Å². The largest absolute Gasteiger partial charge is 0.491 e. The monoisotopic (exact) mass is 625 g/mol. The Balaban J connectivity index is 0.887. The maximum Gasteiger partial charge on any atom is 0.262 e. The number of anilines is 1. The summed E-state index contributed by atoms with van der Waals surface area (Å²) in [4.78, 5) is 57.3. The maximum absolute atomic E-state index is 13.0. The first-order chi connectivity index (χ1) is 22.3. The molecule has 1 saturated heterocycles. The summed E-state index contributed by atoms with van der Waals surface area (Å²) in [6, 6.07) is 16.1. The second-order valence-electron chi connectivity index (χ2n) is 11.3. The van der Waals surface area contributed by atoms with Crippen molar-refractivity contribution in [2.45, 2.75) is 25.8 Å². The van der Waals surface area contributed by atoms with E-state index in [-0.39, 0.29) is 30.6 Å². The molecular formula is C34H35N5O7. The van der Waals surface area contributed by atoms with Gasteiger partial charge < -0.3 is 23.5 Å². The molecule has 4 heterocycles. The van der Waals surface area contributed by atoms with E-state index < -0.39 is 29.7 Å². The molecule has 2 aliphatic rings. The van der Waals surface area contributed by atoms with E-state index in [2.05, 4.69) is 53.5 Å². The zero-order valence-corrected chi connectivity index (χ0v) is 25.7. The number of aryl methyl sites for hydroxylation is 1. The summed E-state index contributed by atoms with van der Waals surface area (Å²) in [5.41, 5.74) is 5.54. The van der Waals surface area contributed by atoms with Gasteiger partial charge in [0.25, 0.3) is 11.8 Å². The molecule has 0 aliphatic carbocycles. The van der Waals surface area contributed by atoms with Crippen LogP contribution in [0.25, 0.3) is 16.9 Å². The Bertz CT molecular complexity index is 1780. The lowest BCUT2D eigenvalue weighted by Crippen LogP contribution is -2.54. The van der Waals surface area contributed by atoms with Gasteiger partial charge in [0.15, 0.2) is 0 Å². The van der Waals surface area contributed by atoms with Gasteiger partial charge in [-0.3, -0.25) is 29.4 Å². The Labute approximate surface area is 265 Å². The molecular weight excluding hydrogens is 590 g/mol. The van der Waals surface area contributed by atoms with Gasteiger partial charge in [0.05, 0.1) is 43.2 Å². The quantitative estimate of drug-likeness (QED) is 0.176. The van der Waals surface area contributed by atoms with E-state index in [1.807, 2.05) is 23.8 Å². The fourth-order valence-corrected chi connectivity index (χ4v) is 5.48. The average Bonchev–Trinajstić information content (AvgIpc) is 3.58. The highest BCUT2D eigenvalue weighted by atomic mass is 16.5. The SMILES string of the molecule is Cc1ccc(-c2cn3ccc(N(C)CCOCCOCCOc4ccc5c(c4)C(=O)N(C4CCC(=O)NC4=O)C5=O)cc3n2)cc1. The van der Waals surface area contributed by atoms with E-state index in [4.69, 9.17) is 19.2 Å². The molecule has 1 fully saturated rings. The standard InChI is InChI=1S/C34H35N5O7/c1-22-3-5-23(6-4-22)28-21-38-12-11-24(19-30(38)35-28)37(2)13-14-44-15-16-45-17-18-46-25-7-8-26-27(20-25)34(43)39(33(26)42)29-9-10-31(40)36-32(29)41/h3-8,11-12,19-21,29H,9-10,13-18H2,1-2H3,(H,36,40,41). The van der Waals surface area contributed by atoms with Crippen molar-refractivity contribution in [3.63, 3.8) is 0 Å². The molecule has 46 heavy (non-hydrogen) atoms. The highest BCUT2D eigenvalue weighted by Crippen LogP contribution is 2.30. The van der Waals surface area contributed by atoms with Gasteiger partial charge in [-0.25, -0.2) is 4.98 Å². The second-order valence-corrected chi connectivity index (χ2v) is 11.3. The molecule has 238 valence electrons. The van der Waals surface area contributed by atoms with Crippen molar-refractivity contribution in [2.75, 3.05) is 51.5 Å². The number of hydrogen-bond acceptors (Lipinski definition) is 9. The highest BCUT2D eigenvalue weighted by Gasteiger charge is 2.44. The van der Waals surface area contributed by atoms with Crippen molar-refractivity contribution in [2.24, 2.45) is 0 Å². The van der Waals surface area contributed by atoms with Crippen LogP contribution in [0.15, 0.2) is 67.0 Å². The van der Waals surface area contributed by atoms with E-state index in [1.165, 1.54) is 17.7 Å². The highest BCUT2D eigenvalue weighted by molar-refractivity contribution is 6.23. The number of amides is 4. The number of ether oxygens (including phenoxy) is 3. The second kappa shape index (κ2) is 13.5. The predicted molar refractivity (Wildman–Crippen MR) is 169 cm³/mol. The number of nitrogens with zero attached hydrogens (tertiary/aromatic N) is 4. The van der Waals surface area contributed by atoms with Crippen molar-refractivity contribution in [1.29, 1.82) is 0 Å². The van der Waals surface area contributed by atoms with Gasteiger partial charge in [0, 0.05) is 49.7 Å². The van der Waals surface area contributed by atoms with Crippen molar-refractivity contribution >= 4 is 35.0 Å². The van der Waals surface area contributed by atoms with E-state index in [1.54, 1.807) is 6.07 Å². The molecule has 1 atom stereocenters. The third-order valence-corrected chi connectivity index (χ3v) is 8.08. The minimum atomic E-state index is -1.00. The molecule has 1 unspecified atom stereocenters. The van der Waals surface area contributed by atoms with Crippen LogP contribution in [0.5, 0.6) is 5.75 Å². The van der Waals surface area contributed by atoms with Gasteiger partial charge in [-0.05, 0) is 37.6 Å². The van der Waals surface area contributed by atoms with Crippen LogP contribution in [0.3, 0.4) is 0 Å². The van der Waals surface area contributed by atoms with Crippen LogP contribution in [0.2, 0.25) is 0 Å². The molecule has 2 aromatic heterocycles. The van der Waals surface area contributed by atoms with Crippen LogP contribution in [-0.2, 0) is 19.1 Å². The van der Waals surface area contributed by atoms with E-state index in [0.29, 0.717) is 38.7 Å². The lowest BCUT2D eigenvalue weighted by Gasteiger charge is -2.27. The summed E-state index contributed by atoms with van der Waals surface area (Å²) in [5, 5.41) is 2.19. The van der Waals surface area contributed by atoms with Gasteiger partial charge >= 0.3 is 0 Å². The maximum atomic E-state index is 13.0. The number of pyridine rings is 1. The Morgan fingerprint density at radius 3 is 2.41 bits per heavy atom. The number of aromatic nitrogens is 2. The van der Waals surface area contributed by atoms with Gasteiger partial charge in [-0.15, -0.1) is 0 Å². The topological polar surface area (TPSA) is 132 Å². The Morgan fingerprint density at radius 1 is 0.891 bits per heavy atom. The number of nitrogens with one attached hydrogen (secondary N) is 1. The number of hydrogen-bond donors (Lipinski definition) is 1. The number of imide groups is 2. The first kappa shape index (κ1) is 30.9. The number of benzene rings is 2. The first-order valence-corrected chi connectivity index (χ1v) is 15.2. The number of carbonyl (C=O) groups excluding carboxylic acids is 4. The van der Waals surface area contributed by atoms with E-state index >= 15 is 0 Å². The van der Waals surface area contributed by atoms with Crippen LogP contribution >= 0.6 is 0 Å². The Morgan fingerprint density at radius 2 is 1.63 bits per heavy atom. The lowest BCUT2D eigenvalue weighted by atomic mass is 10.0. The van der Waals surface area contributed by atoms with Crippen LogP contribution in [0.1, 0.15) is 39.1 Å². The van der Waals surface area contributed by atoms with Crippen molar-refractivity contribution < 1.29 is 33.4 Å². The minimum absolute atomic E-state index is 0.0695. The summed E-state index contributed by atoms with van der Waals surface area (Å²) in [7, 11) is 2.02. The number of likely N-dealkylation sites (N-methyl/N-ethyl adjacent to an activating group) is 1. The Kier molecular flexibility index (Phi) is 9.08. The molecule has 0 spiro atoms. The molecule has 2 aromatic carbocycles. The van der Waals surface area contributed by atoms with Crippen LogP contribution < -0.4 is 15.0 Å². The van der Waals surface area contributed by atoms with Gasteiger partial charge in [0.1, 0.15) is 24.0 Å². The van der Waals surface area contributed by atoms with E-state index in [0.717, 1.165) is 27.5 Å². The molecule has 6 rings (SSSR count). The number of piperidine rings is 1. The third kappa shape index (κ3) is 6.63. The number of fused-ring (bicyclic) bond motifs is 2. The lowest BCUT2D eigenvalue weighted by molar-refractivity contribution is -0.136. The molecule has 0 saturated carbocycles. The summed E-state index contributed by atoms with van der Waals surface area (Å²) in [6.07, 6.45) is 4.22. The smallest absolute Gasteiger partial charge is 0.262 e. The first-order valence-electron chi connectivity index (χ1n) is 15.2. The van der Waals surface area contributed by atoms with Crippen molar-refractivity contribution in [3.05, 3.63) is 83.7 Å². The molecule has 0 bridgehead atoms. The molecule has 1 N–H and O–H groups in total. The third-order valence-electron chi connectivity index (χ3n) is 8.08. The molecule has 12 heteroatoms. The normalized spacial score (nSPS) is 16.2. The summed E-state index contributed by atoms with van der Waals surface area (Å²) < 4.78 is 19.1. The summed E-state index contributed by atoms with van der Waals surface area (Å²) in [5.74, 6) is -1.78. The van der Waals surface area contributed by atoms with Crippen LogP contribution in [0, 0.1) is 6.92 Å². The average molecular weight is 626 g/mol. The molecule has 0 radical (unpaired) electrons. The van der Waals surface area contributed by atoms with Crippen molar-refractivity contribution in [3.8, 4) is 17.0 Å². The molecule has 4 amide bonds. The summed E-state index contributed by atoms with van der Waals surface area (Å²) >= 11 is 0. The minimum Gasteiger partial charge on any atom is -0.491 e. The van der Waals surface area contributed by atoms with Crippen molar-refractivity contribution in [1.82, 2.24) is 19.6 Å². The van der Waals surface area contributed by atoms with Gasteiger partial charge in [-0.2, -0.15) is 0 Å². The molecule has 4 aromatic rings. The zero-order chi connectivity index (χ0) is 32.2. The van der Waals surface area contributed by atoms with Gasteiger partial charge in [0.2, 0.25) is 11.8 Å². The fraction of sp³-hybridized carbons (Fsp3) is 0.324. The van der Waals surface area contributed by atoms with Crippen LogP contribution in [0.4, 0.5) is 5.69 Å². The Hall–Kier alpha value is -5.07.